The molecule has 2 aromatic carbocycles. The summed E-state index contributed by atoms with van der Waals surface area (Å²) in [4.78, 5) is 49.9. The third-order valence-corrected chi connectivity index (χ3v) is 10.4. The minimum Gasteiger partial charge on any atom is -0.491 e. The fraction of sp³-hybridized carbons (Fsp3) is 0.379. The zero-order valence-electron chi connectivity index (χ0n) is 22.6. The van der Waals surface area contributed by atoms with Crippen LogP contribution in [0.25, 0.3) is 0 Å². The van der Waals surface area contributed by atoms with E-state index in [9.17, 15) is 32.3 Å². The predicted octanol–water partition coefficient (Wildman–Crippen LogP) is 3.95. The van der Waals surface area contributed by atoms with Crippen molar-refractivity contribution in [1.82, 2.24) is 4.90 Å². The van der Waals surface area contributed by atoms with Crippen molar-refractivity contribution in [2.75, 3.05) is 25.2 Å². The standard InChI is InChI=1S/C29H21Cl2F5N2O6/c1-37-24(40)14-7-6-13-15(16(14)25(37)41)10-28(30)26(42)38(23-21(35)19(33)18(32)20(34)22(23)36)27(43)29(28,31)17(13)11-2-4-12(5-3-11)44-9-8-39/h2-6,14-17,39H,7-10H2,1H3. The van der Waals surface area contributed by atoms with Gasteiger partial charge in [0.25, 0.3) is 11.8 Å². The molecule has 4 amide bonds. The highest BCUT2D eigenvalue weighted by Crippen LogP contribution is 2.66. The molecule has 2 aliphatic carbocycles. The fourth-order valence-electron chi connectivity index (χ4n) is 7.02. The number of amides is 4. The summed E-state index contributed by atoms with van der Waals surface area (Å²) >= 11 is 14.0. The van der Waals surface area contributed by atoms with Crippen LogP contribution in [0.5, 0.6) is 5.75 Å². The molecule has 0 aromatic heterocycles. The van der Waals surface area contributed by atoms with Gasteiger partial charge in [-0.1, -0.05) is 23.8 Å². The largest absolute Gasteiger partial charge is 0.491 e. The van der Waals surface area contributed by atoms with Crippen LogP contribution in [-0.2, 0) is 19.2 Å². The second-order valence-electron chi connectivity index (χ2n) is 11.1. The summed E-state index contributed by atoms with van der Waals surface area (Å²) in [5.74, 6) is -20.2. The van der Waals surface area contributed by atoms with Gasteiger partial charge < -0.3 is 9.84 Å². The van der Waals surface area contributed by atoms with Gasteiger partial charge in [0.15, 0.2) is 33.0 Å². The number of anilines is 1. The van der Waals surface area contributed by atoms with Crippen molar-refractivity contribution in [3.63, 3.8) is 0 Å². The number of imide groups is 2. The van der Waals surface area contributed by atoms with Crippen LogP contribution in [-0.4, -0.2) is 63.6 Å². The number of hydrogen-bond acceptors (Lipinski definition) is 6. The van der Waals surface area contributed by atoms with Crippen LogP contribution in [0.2, 0.25) is 0 Å². The number of ether oxygens (including phenoxy) is 1. The smallest absolute Gasteiger partial charge is 0.258 e. The molecule has 2 saturated heterocycles. The zero-order chi connectivity index (χ0) is 32.0. The van der Waals surface area contributed by atoms with E-state index < -0.39 is 98.2 Å². The average Bonchev–Trinajstić information content (AvgIpc) is 3.32. The minimum atomic E-state index is -2.59. The van der Waals surface area contributed by atoms with Gasteiger partial charge in [-0.15, -0.1) is 23.2 Å². The fourth-order valence-corrected chi connectivity index (χ4v) is 7.95. The number of benzene rings is 2. The Balaban J connectivity index is 1.57. The third-order valence-electron chi connectivity index (χ3n) is 9.02. The molecule has 6 atom stereocenters. The Morgan fingerprint density at radius 1 is 0.886 bits per heavy atom. The quantitative estimate of drug-likeness (QED) is 0.130. The van der Waals surface area contributed by atoms with Crippen LogP contribution in [0.1, 0.15) is 24.3 Å². The minimum absolute atomic E-state index is 0.0448. The lowest BCUT2D eigenvalue weighted by atomic mass is 9.56. The monoisotopic (exact) mass is 658 g/mol. The molecule has 6 unspecified atom stereocenters. The molecule has 15 heteroatoms. The lowest BCUT2D eigenvalue weighted by molar-refractivity contribution is -0.138. The number of likely N-dealkylation sites (tertiary alicyclic amines) is 1. The molecular formula is C29H21Cl2F5N2O6. The maximum atomic E-state index is 15.0. The first-order valence-corrected chi connectivity index (χ1v) is 14.1. The lowest BCUT2D eigenvalue weighted by Gasteiger charge is -2.50. The van der Waals surface area contributed by atoms with E-state index in [1.54, 1.807) is 6.08 Å². The Morgan fingerprint density at radius 2 is 1.48 bits per heavy atom. The van der Waals surface area contributed by atoms with Gasteiger partial charge in [-0.3, -0.25) is 24.1 Å². The Morgan fingerprint density at radius 3 is 2.07 bits per heavy atom. The highest BCUT2D eigenvalue weighted by molar-refractivity contribution is 6.58. The van der Waals surface area contributed by atoms with Crippen molar-refractivity contribution >= 4 is 52.5 Å². The van der Waals surface area contributed by atoms with Gasteiger partial charge in [0.05, 0.1) is 18.4 Å². The van der Waals surface area contributed by atoms with E-state index in [1.165, 1.54) is 31.3 Å². The molecule has 0 bridgehead atoms. The maximum absolute atomic E-state index is 15.0. The maximum Gasteiger partial charge on any atom is 0.258 e. The van der Waals surface area contributed by atoms with Crippen LogP contribution in [0.15, 0.2) is 35.9 Å². The number of carbonyl (C=O) groups excluding carboxylic acids is 4. The molecule has 232 valence electrons. The SMILES string of the molecule is CN1C(=O)C2CC=C3C(CC4(Cl)C(=O)N(c5c(F)c(F)c(F)c(F)c5F)C(=O)C4(Cl)C3c3ccc(OCCO)cc3)C2C1=O. The van der Waals surface area contributed by atoms with Gasteiger partial charge in [0.1, 0.15) is 18.0 Å². The molecule has 2 heterocycles. The van der Waals surface area contributed by atoms with Crippen molar-refractivity contribution in [2.24, 2.45) is 17.8 Å². The Hall–Kier alpha value is -3.55. The highest BCUT2D eigenvalue weighted by Gasteiger charge is 2.77. The second-order valence-corrected chi connectivity index (χ2v) is 12.3. The Labute approximate surface area is 255 Å². The van der Waals surface area contributed by atoms with Gasteiger partial charge in [-0.2, -0.15) is 0 Å². The molecule has 2 aromatic rings. The topological polar surface area (TPSA) is 104 Å². The molecule has 1 saturated carbocycles. The molecule has 6 rings (SSSR count). The summed E-state index contributed by atoms with van der Waals surface area (Å²) in [5.41, 5.74) is -1.25. The van der Waals surface area contributed by atoms with Crippen molar-refractivity contribution in [3.8, 4) is 5.75 Å². The van der Waals surface area contributed by atoms with E-state index in [0.717, 1.165) is 4.90 Å². The van der Waals surface area contributed by atoms with Crippen molar-refractivity contribution in [2.45, 2.75) is 28.5 Å². The van der Waals surface area contributed by atoms with Gasteiger partial charge in [0, 0.05) is 13.0 Å². The first-order valence-electron chi connectivity index (χ1n) is 13.4. The number of carbonyl (C=O) groups is 4. The Bertz CT molecular complexity index is 1660. The summed E-state index contributed by atoms with van der Waals surface area (Å²) in [7, 11) is 1.30. The van der Waals surface area contributed by atoms with Crippen LogP contribution in [0, 0.1) is 46.8 Å². The normalized spacial score (nSPS) is 31.2. The molecule has 0 spiro atoms. The number of halogens is 7. The number of alkyl halides is 2. The van der Waals surface area contributed by atoms with Crippen LogP contribution in [0.3, 0.4) is 0 Å². The zero-order valence-corrected chi connectivity index (χ0v) is 24.1. The van der Waals surface area contributed by atoms with Gasteiger partial charge in [0.2, 0.25) is 17.6 Å². The first-order chi connectivity index (χ1) is 20.7. The third kappa shape index (κ3) is 3.78. The number of aliphatic hydroxyl groups is 1. The predicted molar refractivity (Wildman–Crippen MR) is 143 cm³/mol. The summed E-state index contributed by atoms with van der Waals surface area (Å²) in [6.07, 6.45) is 1.10. The number of fused-ring (bicyclic) bond motifs is 4. The van der Waals surface area contributed by atoms with Gasteiger partial charge >= 0.3 is 0 Å². The molecule has 8 nitrogen and oxygen atoms in total. The Kier molecular flexibility index (Phi) is 7.10. The second kappa shape index (κ2) is 10.2. The van der Waals surface area contributed by atoms with E-state index in [0.29, 0.717) is 11.3 Å². The van der Waals surface area contributed by atoms with E-state index in [-0.39, 0.29) is 30.1 Å². The van der Waals surface area contributed by atoms with Crippen molar-refractivity contribution in [3.05, 3.63) is 70.6 Å². The number of allylic oxidation sites excluding steroid dienone is 2. The molecule has 1 N–H and O–H groups in total. The molecule has 0 radical (unpaired) electrons. The number of nitrogens with zero attached hydrogens (tertiary/aromatic N) is 2. The number of aliphatic hydroxyl groups excluding tert-OH is 1. The molecule has 44 heavy (non-hydrogen) atoms. The van der Waals surface area contributed by atoms with E-state index >= 15 is 8.78 Å². The van der Waals surface area contributed by atoms with Gasteiger partial charge in [-0.05, 0) is 36.5 Å². The van der Waals surface area contributed by atoms with Crippen LogP contribution < -0.4 is 9.64 Å². The highest BCUT2D eigenvalue weighted by atomic mass is 35.5. The summed E-state index contributed by atoms with van der Waals surface area (Å²) in [6.45, 7) is -0.330. The molecule has 2 aliphatic heterocycles. The van der Waals surface area contributed by atoms with Crippen molar-refractivity contribution in [1.29, 1.82) is 0 Å². The number of rotatable bonds is 5. The van der Waals surface area contributed by atoms with Crippen LogP contribution >= 0.6 is 23.2 Å². The molecule has 4 aliphatic rings. The first kappa shape index (κ1) is 30.5. The summed E-state index contributed by atoms with van der Waals surface area (Å²) in [6, 6.07) is 5.83. The van der Waals surface area contributed by atoms with Crippen molar-refractivity contribution < 1.29 is 51.0 Å². The summed E-state index contributed by atoms with van der Waals surface area (Å²) < 4.78 is 77.8. The lowest BCUT2D eigenvalue weighted by Crippen LogP contribution is -2.60. The molecule has 3 fully saturated rings. The van der Waals surface area contributed by atoms with E-state index in [1.807, 2.05) is 0 Å². The van der Waals surface area contributed by atoms with E-state index in [2.05, 4.69) is 0 Å². The number of hydrogen-bond donors (Lipinski definition) is 1. The van der Waals surface area contributed by atoms with Crippen LogP contribution in [0.4, 0.5) is 27.6 Å². The summed E-state index contributed by atoms with van der Waals surface area (Å²) in [5, 5.41) is 9.06. The average molecular weight is 659 g/mol. The molecular weight excluding hydrogens is 638 g/mol. The van der Waals surface area contributed by atoms with E-state index in [4.69, 9.17) is 33.0 Å². The van der Waals surface area contributed by atoms with Gasteiger partial charge in [-0.25, -0.2) is 26.9 Å².